The second-order valence-corrected chi connectivity index (χ2v) is 4.64. The van der Waals surface area contributed by atoms with Crippen LogP contribution in [0.3, 0.4) is 0 Å². The average molecular weight is 250 g/mol. The zero-order valence-corrected chi connectivity index (χ0v) is 11.8. The maximum atomic E-state index is 11.7. The monoisotopic (exact) mass is 250 g/mol. The Balaban J connectivity index is 2.59. The van der Waals surface area contributed by atoms with Gasteiger partial charge in [0.05, 0.1) is 13.2 Å². The van der Waals surface area contributed by atoms with E-state index < -0.39 is 0 Å². The van der Waals surface area contributed by atoms with E-state index in [1.807, 2.05) is 26.0 Å². The summed E-state index contributed by atoms with van der Waals surface area (Å²) in [6.07, 6.45) is 0. The summed E-state index contributed by atoms with van der Waals surface area (Å²) >= 11 is 0. The molecular weight excluding hydrogens is 228 g/mol. The Kier molecular flexibility index (Phi) is 5.16. The molecular formula is C14H22N2O2. The molecule has 0 aromatic heterocycles. The molecule has 18 heavy (non-hydrogen) atoms. The molecule has 1 amide bonds. The van der Waals surface area contributed by atoms with Crippen LogP contribution >= 0.6 is 0 Å². The van der Waals surface area contributed by atoms with Crippen LogP contribution in [0.1, 0.15) is 18.1 Å². The molecule has 1 unspecified atom stereocenters. The molecule has 0 radical (unpaired) electrons. The lowest BCUT2D eigenvalue weighted by Gasteiger charge is -2.18. The Morgan fingerprint density at radius 2 is 2.11 bits per heavy atom. The molecule has 0 aliphatic rings. The lowest BCUT2D eigenvalue weighted by Crippen LogP contribution is -2.41. The van der Waals surface area contributed by atoms with Gasteiger partial charge in [-0.15, -0.1) is 0 Å². The van der Waals surface area contributed by atoms with Crippen LogP contribution in [0.2, 0.25) is 0 Å². The van der Waals surface area contributed by atoms with Gasteiger partial charge < -0.3 is 15.0 Å². The second kappa shape index (κ2) is 6.40. The van der Waals surface area contributed by atoms with Crippen molar-refractivity contribution in [3.63, 3.8) is 0 Å². The van der Waals surface area contributed by atoms with Crippen LogP contribution in [0.25, 0.3) is 0 Å². The van der Waals surface area contributed by atoms with E-state index in [0.29, 0.717) is 6.54 Å². The summed E-state index contributed by atoms with van der Waals surface area (Å²) in [6.45, 7) is 4.56. The van der Waals surface area contributed by atoms with Crippen LogP contribution in [-0.2, 0) is 11.3 Å². The van der Waals surface area contributed by atoms with Gasteiger partial charge in [-0.2, -0.15) is 0 Å². The van der Waals surface area contributed by atoms with Gasteiger partial charge in [-0.05, 0) is 31.0 Å². The van der Waals surface area contributed by atoms with Gasteiger partial charge in [0.1, 0.15) is 5.75 Å². The van der Waals surface area contributed by atoms with Gasteiger partial charge in [0.25, 0.3) is 0 Å². The molecule has 1 N–H and O–H groups in total. The van der Waals surface area contributed by atoms with Crippen molar-refractivity contribution in [1.82, 2.24) is 10.2 Å². The normalized spacial score (nSPS) is 12.1. The van der Waals surface area contributed by atoms with Crippen molar-refractivity contribution >= 4 is 5.91 Å². The lowest BCUT2D eigenvalue weighted by atomic mass is 10.1. The minimum absolute atomic E-state index is 0.0835. The summed E-state index contributed by atoms with van der Waals surface area (Å²) in [4.78, 5) is 13.3. The van der Waals surface area contributed by atoms with E-state index in [9.17, 15) is 4.79 Å². The van der Waals surface area contributed by atoms with Crippen LogP contribution in [-0.4, -0.2) is 38.1 Å². The van der Waals surface area contributed by atoms with E-state index in [1.54, 1.807) is 26.1 Å². The molecule has 0 heterocycles. The largest absolute Gasteiger partial charge is 0.496 e. The molecule has 0 saturated heterocycles. The Bertz CT molecular complexity index is 416. The molecule has 1 atom stereocenters. The summed E-state index contributed by atoms with van der Waals surface area (Å²) in [6, 6.07) is 5.84. The van der Waals surface area contributed by atoms with Crippen LogP contribution < -0.4 is 10.1 Å². The number of benzene rings is 1. The fourth-order valence-electron chi connectivity index (χ4n) is 1.80. The van der Waals surface area contributed by atoms with Crippen molar-refractivity contribution in [2.45, 2.75) is 26.4 Å². The maximum absolute atomic E-state index is 11.7. The maximum Gasteiger partial charge on any atom is 0.238 e. The van der Waals surface area contributed by atoms with Crippen LogP contribution in [0.4, 0.5) is 0 Å². The highest BCUT2D eigenvalue weighted by molar-refractivity contribution is 5.80. The number of carbonyl (C=O) groups excluding carboxylic acids is 1. The number of nitrogens with one attached hydrogen (secondary N) is 1. The summed E-state index contributed by atoms with van der Waals surface area (Å²) < 4.78 is 5.21. The zero-order valence-electron chi connectivity index (χ0n) is 11.8. The van der Waals surface area contributed by atoms with Crippen molar-refractivity contribution in [2.75, 3.05) is 21.2 Å². The van der Waals surface area contributed by atoms with Gasteiger partial charge in [-0.1, -0.05) is 12.1 Å². The fourth-order valence-corrected chi connectivity index (χ4v) is 1.80. The number of methoxy groups -OCH3 is 1. The Labute approximate surface area is 109 Å². The van der Waals surface area contributed by atoms with Crippen LogP contribution in [0.5, 0.6) is 5.75 Å². The average Bonchev–Trinajstić information content (AvgIpc) is 2.35. The van der Waals surface area contributed by atoms with Crippen molar-refractivity contribution in [2.24, 2.45) is 0 Å². The topological polar surface area (TPSA) is 41.6 Å². The number of carbonyl (C=O) groups is 1. The highest BCUT2D eigenvalue weighted by Crippen LogP contribution is 2.18. The molecule has 0 spiro atoms. The van der Waals surface area contributed by atoms with E-state index in [2.05, 4.69) is 11.4 Å². The van der Waals surface area contributed by atoms with Crippen molar-refractivity contribution in [1.29, 1.82) is 0 Å². The van der Waals surface area contributed by atoms with Crippen LogP contribution in [0, 0.1) is 6.92 Å². The summed E-state index contributed by atoms with van der Waals surface area (Å²) in [7, 11) is 5.19. The van der Waals surface area contributed by atoms with Crippen molar-refractivity contribution < 1.29 is 9.53 Å². The predicted molar refractivity (Wildman–Crippen MR) is 72.7 cm³/mol. The van der Waals surface area contributed by atoms with Crippen molar-refractivity contribution in [3.8, 4) is 5.75 Å². The standard InChI is InChI=1S/C14H22N2O2/c1-10-8-12(6-7-13(10)18-5)9-15-11(2)14(17)16(3)4/h6-8,11,15H,9H2,1-5H3. The molecule has 0 aliphatic carbocycles. The minimum atomic E-state index is -0.178. The van der Waals surface area contributed by atoms with Gasteiger partial charge >= 0.3 is 0 Å². The van der Waals surface area contributed by atoms with Gasteiger partial charge in [0, 0.05) is 20.6 Å². The van der Waals surface area contributed by atoms with Gasteiger partial charge in [-0.3, -0.25) is 4.79 Å². The summed E-state index contributed by atoms with van der Waals surface area (Å²) in [5.41, 5.74) is 2.25. The summed E-state index contributed by atoms with van der Waals surface area (Å²) in [5.74, 6) is 0.969. The Morgan fingerprint density at radius 3 is 2.61 bits per heavy atom. The number of rotatable bonds is 5. The Hall–Kier alpha value is -1.55. The van der Waals surface area contributed by atoms with E-state index in [1.165, 1.54) is 0 Å². The molecule has 1 aromatic rings. The molecule has 0 aliphatic heterocycles. The third-order valence-corrected chi connectivity index (χ3v) is 2.88. The van der Waals surface area contributed by atoms with E-state index >= 15 is 0 Å². The number of aryl methyl sites for hydroxylation is 1. The lowest BCUT2D eigenvalue weighted by molar-refractivity contribution is -0.130. The molecule has 4 nitrogen and oxygen atoms in total. The van der Waals surface area contributed by atoms with Crippen LogP contribution in [0.15, 0.2) is 18.2 Å². The smallest absolute Gasteiger partial charge is 0.238 e. The van der Waals surface area contributed by atoms with Gasteiger partial charge in [-0.25, -0.2) is 0 Å². The zero-order chi connectivity index (χ0) is 13.7. The number of amides is 1. The first-order valence-electron chi connectivity index (χ1n) is 6.03. The molecule has 4 heteroatoms. The van der Waals surface area contributed by atoms with E-state index in [4.69, 9.17) is 4.74 Å². The first kappa shape index (κ1) is 14.5. The third kappa shape index (κ3) is 3.74. The highest BCUT2D eigenvalue weighted by atomic mass is 16.5. The van der Waals surface area contributed by atoms with E-state index in [0.717, 1.165) is 16.9 Å². The minimum Gasteiger partial charge on any atom is -0.496 e. The number of hydrogen-bond donors (Lipinski definition) is 1. The second-order valence-electron chi connectivity index (χ2n) is 4.64. The van der Waals surface area contributed by atoms with Gasteiger partial charge in [0.15, 0.2) is 0 Å². The number of nitrogens with zero attached hydrogens (tertiary/aromatic N) is 1. The number of ether oxygens (including phenoxy) is 1. The first-order valence-corrected chi connectivity index (χ1v) is 6.03. The SMILES string of the molecule is COc1ccc(CNC(C)C(=O)N(C)C)cc1C. The summed E-state index contributed by atoms with van der Waals surface area (Å²) in [5, 5.41) is 3.21. The Morgan fingerprint density at radius 1 is 1.44 bits per heavy atom. The molecule has 1 aromatic carbocycles. The van der Waals surface area contributed by atoms with Gasteiger partial charge in [0.2, 0.25) is 5.91 Å². The molecule has 0 bridgehead atoms. The predicted octanol–water partition coefficient (Wildman–Crippen LogP) is 1.57. The molecule has 0 saturated carbocycles. The van der Waals surface area contributed by atoms with E-state index in [-0.39, 0.29) is 11.9 Å². The molecule has 0 fully saturated rings. The molecule has 1 rings (SSSR count). The fraction of sp³-hybridized carbons (Fsp3) is 0.500. The quantitative estimate of drug-likeness (QED) is 0.862. The molecule has 100 valence electrons. The first-order chi connectivity index (χ1) is 8.45. The third-order valence-electron chi connectivity index (χ3n) is 2.88. The highest BCUT2D eigenvalue weighted by Gasteiger charge is 2.13. The number of likely N-dealkylation sites (N-methyl/N-ethyl adjacent to an activating group) is 1. The van der Waals surface area contributed by atoms with Crippen molar-refractivity contribution in [3.05, 3.63) is 29.3 Å². The number of hydrogen-bond acceptors (Lipinski definition) is 3.